The van der Waals surface area contributed by atoms with E-state index in [2.05, 4.69) is 20.9 Å². The highest BCUT2D eigenvalue weighted by Gasteiger charge is 2.23. The Hall–Kier alpha value is -0.290. The van der Waals surface area contributed by atoms with Crippen LogP contribution in [0, 0.1) is 0 Å². The summed E-state index contributed by atoms with van der Waals surface area (Å²) in [7, 11) is 0. The average molecular weight is 356 g/mol. The van der Waals surface area contributed by atoms with Crippen LogP contribution in [0.1, 0.15) is 68.8 Å². The zero-order chi connectivity index (χ0) is 13.9. The molecule has 0 spiro atoms. The molecule has 3 nitrogen and oxygen atoms in total. The van der Waals surface area contributed by atoms with Crippen LogP contribution in [0.15, 0.2) is 4.47 Å². The molecule has 2 aliphatic rings. The summed E-state index contributed by atoms with van der Waals surface area (Å²) in [6, 6.07) is 0. The third-order valence-corrected chi connectivity index (χ3v) is 6.62. The molecule has 110 valence electrons. The second kappa shape index (κ2) is 6.65. The van der Waals surface area contributed by atoms with Crippen molar-refractivity contribution in [3.8, 4) is 0 Å². The number of aromatic nitrogens is 2. The van der Waals surface area contributed by atoms with Gasteiger partial charge in [-0.2, -0.15) is 11.8 Å². The minimum absolute atomic E-state index is 0.574. The van der Waals surface area contributed by atoms with Gasteiger partial charge in [0.05, 0.1) is 15.9 Å². The highest BCUT2D eigenvalue weighted by Crippen LogP contribution is 2.38. The van der Waals surface area contributed by atoms with Gasteiger partial charge in [0.25, 0.3) is 0 Å². The van der Waals surface area contributed by atoms with Crippen molar-refractivity contribution in [1.82, 2.24) is 9.97 Å². The fraction of sp³-hybridized carbons (Fsp3) is 0.733. The first-order valence-corrected chi connectivity index (χ1v) is 9.51. The Morgan fingerprint density at radius 2 is 1.70 bits per heavy atom. The Labute approximate surface area is 133 Å². The average Bonchev–Trinajstić information content (AvgIpc) is 3.12. The molecule has 20 heavy (non-hydrogen) atoms. The maximum Gasteiger partial charge on any atom is 0.141 e. The van der Waals surface area contributed by atoms with Crippen LogP contribution in [-0.4, -0.2) is 15.2 Å². The van der Waals surface area contributed by atoms with E-state index < -0.39 is 0 Å². The van der Waals surface area contributed by atoms with E-state index in [1.54, 1.807) is 0 Å². The Kier molecular flexibility index (Phi) is 4.87. The van der Waals surface area contributed by atoms with E-state index in [0.29, 0.717) is 11.7 Å². The normalized spacial score (nSPS) is 20.9. The van der Waals surface area contributed by atoms with E-state index in [0.717, 1.165) is 27.0 Å². The predicted octanol–water partition coefficient (Wildman–Crippen LogP) is 4.65. The summed E-state index contributed by atoms with van der Waals surface area (Å²) in [6.07, 6.45) is 10.6. The van der Waals surface area contributed by atoms with Gasteiger partial charge in [-0.15, -0.1) is 0 Å². The van der Waals surface area contributed by atoms with Crippen molar-refractivity contribution in [3.05, 3.63) is 16.0 Å². The third-order valence-electron chi connectivity index (χ3n) is 4.44. The number of anilines is 1. The van der Waals surface area contributed by atoms with Crippen molar-refractivity contribution in [2.24, 2.45) is 0 Å². The lowest BCUT2D eigenvalue weighted by Crippen LogP contribution is -2.08. The van der Waals surface area contributed by atoms with Crippen molar-refractivity contribution in [2.75, 3.05) is 5.73 Å². The van der Waals surface area contributed by atoms with Crippen LogP contribution in [0.25, 0.3) is 0 Å². The first-order valence-electron chi connectivity index (χ1n) is 7.67. The molecule has 2 aliphatic carbocycles. The SMILES string of the molecule is Nc1nc(CSC2CCCC2)nc(C2CCCC2)c1Br. The molecule has 2 fully saturated rings. The number of hydrogen-bond acceptors (Lipinski definition) is 4. The number of nitrogens with two attached hydrogens (primary N) is 1. The van der Waals surface area contributed by atoms with Crippen LogP contribution in [0.2, 0.25) is 0 Å². The quantitative estimate of drug-likeness (QED) is 0.853. The molecule has 5 heteroatoms. The van der Waals surface area contributed by atoms with E-state index >= 15 is 0 Å². The Morgan fingerprint density at radius 1 is 1.05 bits per heavy atom. The summed E-state index contributed by atoms with van der Waals surface area (Å²) in [5.74, 6) is 3.01. The second-order valence-corrected chi connectivity index (χ2v) is 8.00. The van der Waals surface area contributed by atoms with Crippen molar-refractivity contribution >= 4 is 33.5 Å². The molecule has 0 atom stereocenters. The largest absolute Gasteiger partial charge is 0.383 e. The molecule has 1 heterocycles. The lowest BCUT2D eigenvalue weighted by atomic mass is 10.0. The molecule has 0 radical (unpaired) electrons. The number of thioether (sulfide) groups is 1. The number of nitrogens with zero attached hydrogens (tertiary/aromatic N) is 2. The zero-order valence-corrected chi connectivity index (χ0v) is 14.2. The number of halogens is 1. The fourth-order valence-electron chi connectivity index (χ4n) is 3.31. The lowest BCUT2D eigenvalue weighted by molar-refractivity contribution is 0.684. The summed E-state index contributed by atoms with van der Waals surface area (Å²) in [5, 5.41) is 0.804. The molecular formula is C15H22BrN3S. The van der Waals surface area contributed by atoms with Gasteiger partial charge in [0.1, 0.15) is 11.6 Å². The highest BCUT2D eigenvalue weighted by molar-refractivity contribution is 9.10. The van der Waals surface area contributed by atoms with Crippen LogP contribution in [-0.2, 0) is 5.75 Å². The van der Waals surface area contributed by atoms with E-state index in [1.165, 1.54) is 51.4 Å². The van der Waals surface area contributed by atoms with E-state index in [-0.39, 0.29) is 0 Å². The summed E-state index contributed by atoms with van der Waals surface area (Å²) in [5.41, 5.74) is 7.22. The molecule has 3 rings (SSSR count). The highest BCUT2D eigenvalue weighted by atomic mass is 79.9. The number of rotatable bonds is 4. The molecule has 0 bridgehead atoms. The lowest BCUT2D eigenvalue weighted by Gasteiger charge is -2.14. The first-order chi connectivity index (χ1) is 9.74. The Balaban J connectivity index is 1.73. The zero-order valence-electron chi connectivity index (χ0n) is 11.8. The van der Waals surface area contributed by atoms with Gasteiger partial charge in [-0.25, -0.2) is 9.97 Å². The molecule has 0 amide bonds. The topological polar surface area (TPSA) is 51.8 Å². The van der Waals surface area contributed by atoms with Gasteiger partial charge in [0.15, 0.2) is 0 Å². The molecule has 1 aromatic heterocycles. The molecule has 1 aromatic rings. The van der Waals surface area contributed by atoms with Crippen LogP contribution < -0.4 is 5.73 Å². The van der Waals surface area contributed by atoms with Crippen LogP contribution >= 0.6 is 27.7 Å². The van der Waals surface area contributed by atoms with Crippen LogP contribution in [0.5, 0.6) is 0 Å². The monoisotopic (exact) mass is 355 g/mol. The van der Waals surface area contributed by atoms with Gasteiger partial charge in [0, 0.05) is 11.2 Å². The molecule has 0 aromatic carbocycles. The molecule has 0 saturated heterocycles. The van der Waals surface area contributed by atoms with Gasteiger partial charge < -0.3 is 5.73 Å². The van der Waals surface area contributed by atoms with Crippen molar-refractivity contribution in [1.29, 1.82) is 0 Å². The Morgan fingerprint density at radius 3 is 2.40 bits per heavy atom. The predicted molar refractivity (Wildman–Crippen MR) is 88.9 cm³/mol. The van der Waals surface area contributed by atoms with Gasteiger partial charge in [0.2, 0.25) is 0 Å². The summed E-state index contributed by atoms with van der Waals surface area (Å²) in [6.45, 7) is 0. The molecule has 0 unspecified atom stereocenters. The van der Waals surface area contributed by atoms with Gasteiger partial charge in [-0.05, 0) is 41.6 Å². The van der Waals surface area contributed by atoms with Crippen molar-refractivity contribution in [3.63, 3.8) is 0 Å². The van der Waals surface area contributed by atoms with Crippen LogP contribution in [0.3, 0.4) is 0 Å². The second-order valence-electron chi connectivity index (χ2n) is 5.92. The smallest absolute Gasteiger partial charge is 0.141 e. The van der Waals surface area contributed by atoms with Gasteiger partial charge >= 0.3 is 0 Å². The van der Waals surface area contributed by atoms with E-state index in [9.17, 15) is 0 Å². The minimum atomic E-state index is 0.574. The number of hydrogen-bond donors (Lipinski definition) is 1. The maximum absolute atomic E-state index is 6.07. The number of nitrogen functional groups attached to an aromatic ring is 1. The van der Waals surface area contributed by atoms with Gasteiger partial charge in [-0.3, -0.25) is 0 Å². The van der Waals surface area contributed by atoms with Crippen molar-refractivity contribution in [2.45, 2.75) is 68.3 Å². The fourth-order valence-corrected chi connectivity index (χ4v) is 5.00. The summed E-state index contributed by atoms with van der Waals surface area (Å²) < 4.78 is 0.930. The van der Waals surface area contributed by atoms with Crippen molar-refractivity contribution < 1.29 is 0 Å². The van der Waals surface area contributed by atoms with Gasteiger partial charge in [-0.1, -0.05) is 25.7 Å². The van der Waals surface area contributed by atoms with E-state index in [4.69, 9.17) is 10.7 Å². The molecule has 0 aliphatic heterocycles. The first kappa shape index (κ1) is 14.6. The standard InChI is InChI=1S/C15H22BrN3S/c16-13-14(10-5-1-2-6-10)18-12(19-15(13)17)9-20-11-7-3-4-8-11/h10-11H,1-9H2,(H2,17,18,19). The summed E-state index contributed by atoms with van der Waals surface area (Å²) >= 11 is 5.59. The maximum atomic E-state index is 6.07. The van der Waals surface area contributed by atoms with Crippen LogP contribution in [0.4, 0.5) is 5.82 Å². The molecule has 2 saturated carbocycles. The minimum Gasteiger partial charge on any atom is -0.383 e. The Bertz CT molecular complexity index is 468. The van der Waals surface area contributed by atoms with E-state index in [1.807, 2.05) is 11.8 Å². The molecule has 2 N–H and O–H groups in total. The molecular weight excluding hydrogens is 334 g/mol. The third kappa shape index (κ3) is 3.30. The summed E-state index contributed by atoms with van der Waals surface area (Å²) in [4.78, 5) is 9.28.